The van der Waals surface area contributed by atoms with Gasteiger partial charge in [-0.1, -0.05) is 29.4 Å². The highest BCUT2D eigenvalue weighted by molar-refractivity contribution is 5.84. The summed E-state index contributed by atoms with van der Waals surface area (Å²) in [5, 5.41) is 12.8. The van der Waals surface area contributed by atoms with E-state index in [0.29, 0.717) is 11.3 Å². The molecule has 0 bridgehead atoms. The standard InChI is InChI=1S/C14H15N3O5/c1-14(2)21-11(13(20)22-14)10(12(18)19)7-8-3-5-9(6-4-8)16-17-15/h3-6,10-11H,7H2,1-2H3,(H,18,19). The third-order valence-corrected chi connectivity index (χ3v) is 3.22. The van der Waals surface area contributed by atoms with Crippen molar-refractivity contribution >= 4 is 17.6 Å². The third-order valence-electron chi connectivity index (χ3n) is 3.22. The molecule has 2 rings (SSSR count). The topological polar surface area (TPSA) is 122 Å². The molecule has 0 aromatic heterocycles. The lowest BCUT2D eigenvalue weighted by Crippen LogP contribution is -2.35. The third kappa shape index (κ3) is 3.55. The van der Waals surface area contributed by atoms with E-state index in [-0.39, 0.29) is 6.42 Å². The first kappa shape index (κ1) is 15.8. The van der Waals surface area contributed by atoms with Crippen molar-refractivity contribution in [2.24, 2.45) is 11.0 Å². The maximum absolute atomic E-state index is 11.8. The van der Waals surface area contributed by atoms with Gasteiger partial charge in [0.15, 0.2) is 6.10 Å². The molecule has 1 aliphatic heterocycles. The molecule has 1 heterocycles. The van der Waals surface area contributed by atoms with Crippen LogP contribution >= 0.6 is 0 Å². The number of benzene rings is 1. The van der Waals surface area contributed by atoms with Gasteiger partial charge >= 0.3 is 11.9 Å². The molecule has 1 aliphatic rings. The fourth-order valence-electron chi connectivity index (χ4n) is 2.25. The Hall–Kier alpha value is -2.57. The first-order chi connectivity index (χ1) is 10.3. The average molecular weight is 305 g/mol. The second-order valence-electron chi connectivity index (χ2n) is 5.36. The Kier molecular flexibility index (Phi) is 4.35. The van der Waals surface area contributed by atoms with Crippen molar-refractivity contribution < 1.29 is 24.2 Å². The molecule has 8 heteroatoms. The number of hydrogen-bond acceptors (Lipinski definition) is 5. The minimum absolute atomic E-state index is 0.0989. The van der Waals surface area contributed by atoms with Crippen LogP contribution in [-0.2, 0) is 25.5 Å². The Morgan fingerprint density at radius 3 is 2.55 bits per heavy atom. The maximum atomic E-state index is 11.8. The molecule has 1 fully saturated rings. The van der Waals surface area contributed by atoms with Crippen LogP contribution in [0.1, 0.15) is 19.4 Å². The van der Waals surface area contributed by atoms with E-state index in [0.717, 1.165) is 0 Å². The monoisotopic (exact) mass is 305 g/mol. The van der Waals surface area contributed by atoms with Gasteiger partial charge < -0.3 is 14.6 Å². The summed E-state index contributed by atoms with van der Waals surface area (Å²) < 4.78 is 10.4. The zero-order chi connectivity index (χ0) is 16.3. The van der Waals surface area contributed by atoms with Gasteiger partial charge in [-0.15, -0.1) is 0 Å². The lowest BCUT2D eigenvalue weighted by molar-refractivity contribution is -0.163. The number of nitrogens with zero attached hydrogens (tertiary/aromatic N) is 3. The van der Waals surface area contributed by atoms with Gasteiger partial charge in [-0.2, -0.15) is 0 Å². The fourth-order valence-corrected chi connectivity index (χ4v) is 2.25. The number of carbonyl (C=O) groups excluding carboxylic acids is 1. The van der Waals surface area contributed by atoms with E-state index in [2.05, 4.69) is 10.0 Å². The van der Waals surface area contributed by atoms with Crippen LogP contribution in [0.3, 0.4) is 0 Å². The van der Waals surface area contributed by atoms with Crippen LogP contribution in [0, 0.1) is 5.92 Å². The van der Waals surface area contributed by atoms with E-state index in [4.69, 9.17) is 15.0 Å². The number of aliphatic carboxylic acids is 1. The van der Waals surface area contributed by atoms with E-state index in [1.54, 1.807) is 38.1 Å². The Balaban J connectivity index is 2.17. The Morgan fingerprint density at radius 2 is 2.09 bits per heavy atom. The molecule has 0 aliphatic carbocycles. The number of cyclic esters (lactones) is 1. The summed E-state index contributed by atoms with van der Waals surface area (Å²) in [5.41, 5.74) is 9.45. The van der Waals surface area contributed by atoms with Gasteiger partial charge in [-0.3, -0.25) is 4.79 Å². The van der Waals surface area contributed by atoms with Crippen LogP contribution in [0.5, 0.6) is 0 Å². The van der Waals surface area contributed by atoms with Gasteiger partial charge in [0.25, 0.3) is 0 Å². The minimum Gasteiger partial charge on any atom is -0.481 e. The van der Waals surface area contributed by atoms with Crippen LogP contribution in [0.4, 0.5) is 5.69 Å². The average Bonchev–Trinajstić information content (AvgIpc) is 2.71. The molecule has 0 spiro atoms. The number of carboxylic acid groups (broad SMARTS) is 1. The molecule has 2 unspecified atom stereocenters. The molecule has 0 saturated carbocycles. The maximum Gasteiger partial charge on any atom is 0.338 e. The molecule has 1 aromatic carbocycles. The molecule has 8 nitrogen and oxygen atoms in total. The van der Waals surface area contributed by atoms with Crippen molar-refractivity contribution in [2.75, 3.05) is 0 Å². The molecule has 116 valence electrons. The number of azide groups is 1. The highest BCUT2D eigenvalue weighted by Crippen LogP contribution is 2.30. The molecule has 1 aromatic rings. The van der Waals surface area contributed by atoms with E-state index >= 15 is 0 Å². The molecule has 2 atom stereocenters. The normalized spacial score (nSPS) is 20.8. The summed E-state index contributed by atoms with van der Waals surface area (Å²) in [6, 6.07) is 6.44. The van der Waals surface area contributed by atoms with Crippen molar-refractivity contribution in [1.82, 2.24) is 0 Å². The quantitative estimate of drug-likeness (QED) is 0.387. The van der Waals surface area contributed by atoms with Gasteiger partial charge in [-0.25, -0.2) is 4.79 Å². The van der Waals surface area contributed by atoms with Crippen molar-refractivity contribution in [2.45, 2.75) is 32.2 Å². The van der Waals surface area contributed by atoms with Crippen molar-refractivity contribution in [3.05, 3.63) is 40.3 Å². The number of esters is 1. The van der Waals surface area contributed by atoms with Crippen molar-refractivity contribution in [3.63, 3.8) is 0 Å². The number of hydrogen-bond donors (Lipinski definition) is 1. The number of carbonyl (C=O) groups is 2. The first-order valence-corrected chi connectivity index (χ1v) is 6.60. The summed E-state index contributed by atoms with van der Waals surface area (Å²) in [4.78, 5) is 25.9. The SMILES string of the molecule is CC1(C)OC(=O)C(C(Cc2ccc(N=[N+]=[N-])cc2)C(=O)O)O1. The highest BCUT2D eigenvalue weighted by Gasteiger charge is 2.47. The molecular formula is C14H15N3O5. The molecule has 0 amide bonds. The largest absolute Gasteiger partial charge is 0.481 e. The van der Waals surface area contributed by atoms with Gasteiger partial charge in [0.1, 0.15) is 0 Å². The second kappa shape index (κ2) is 6.05. The molecule has 0 radical (unpaired) electrons. The number of carboxylic acids is 1. The Morgan fingerprint density at radius 1 is 1.45 bits per heavy atom. The number of rotatable bonds is 5. The highest BCUT2D eigenvalue weighted by atomic mass is 16.8. The van der Waals surface area contributed by atoms with E-state index in [1.165, 1.54) is 0 Å². The van der Waals surface area contributed by atoms with Crippen LogP contribution in [0.15, 0.2) is 29.4 Å². The Bertz CT molecular complexity index is 634. The van der Waals surface area contributed by atoms with Crippen LogP contribution in [0.2, 0.25) is 0 Å². The van der Waals surface area contributed by atoms with E-state index in [9.17, 15) is 14.7 Å². The molecule has 1 saturated heterocycles. The van der Waals surface area contributed by atoms with E-state index in [1.807, 2.05) is 0 Å². The fraction of sp³-hybridized carbons (Fsp3) is 0.429. The van der Waals surface area contributed by atoms with Gasteiger partial charge in [-0.05, 0) is 17.5 Å². The molecular weight excluding hydrogens is 290 g/mol. The summed E-state index contributed by atoms with van der Waals surface area (Å²) >= 11 is 0. The van der Waals surface area contributed by atoms with Gasteiger partial charge in [0.05, 0.1) is 5.92 Å². The van der Waals surface area contributed by atoms with Crippen LogP contribution < -0.4 is 0 Å². The Labute approximate surface area is 126 Å². The molecule has 1 N–H and O–H groups in total. The zero-order valence-electron chi connectivity index (χ0n) is 12.1. The lowest BCUT2D eigenvalue weighted by Gasteiger charge is -2.19. The van der Waals surface area contributed by atoms with Crippen molar-refractivity contribution in [3.8, 4) is 0 Å². The predicted molar refractivity (Wildman–Crippen MR) is 75.1 cm³/mol. The second-order valence-corrected chi connectivity index (χ2v) is 5.36. The first-order valence-electron chi connectivity index (χ1n) is 6.60. The van der Waals surface area contributed by atoms with Gasteiger partial charge in [0.2, 0.25) is 5.79 Å². The smallest absolute Gasteiger partial charge is 0.338 e. The summed E-state index contributed by atoms with van der Waals surface area (Å²) in [7, 11) is 0. The van der Waals surface area contributed by atoms with Crippen LogP contribution in [-0.4, -0.2) is 28.9 Å². The summed E-state index contributed by atoms with van der Waals surface area (Å²) in [6.07, 6.45) is -1.05. The number of ether oxygens (including phenoxy) is 2. The zero-order valence-corrected chi connectivity index (χ0v) is 12.1. The van der Waals surface area contributed by atoms with Gasteiger partial charge in [0, 0.05) is 24.4 Å². The summed E-state index contributed by atoms with van der Waals surface area (Å²) in [5.74, 6) is -4.00. The van der Waals surface area contributed by atoms with Crippen LogP contribution in [0.25, 0.3) is 10.4 Å². The molecule has 22 heavy (non-hydrogen) atoms. The summed E-state index contributed by atoms with van der Waals surface area (Å²) in [6.45, 7) is 3.11. The lowest BCUT2D eigenvalue weighted by atomic mass is 9.94. The predicted octanol–water partition coefficient (Wildman–Crippen LogP) is 2.55. The van der Waals surface area contributed by atoms with Crippen molar-refractivity contribution in [1.29, 1.82) is 0 Å². The van der Waals surface area contributed by atoms with E-state index < -0.39 is 29.7 Å². The minimum atomic E-state index is -1.15.